The first-order chi connectivity index (χ1) is 8.78. The quantitative estimate of drug-likeness (QED) is 0.784. The third-order valence-corrected chi connectivity index (χ3v) is 3.06. The van der Waals surface area contributed by atoms with Crippen molar-refractivity contribution in [2.45, 2.75) is 6.42 Å². The van der Waals surface area contributed by atoms with E-state index in [9.17, 15) is 4.79 Å². The van der Waals surface area contributed by atoms with E-state index < -0.39 is 0 Å². The van der Waals surface area contributed by atoms with E-state index in [0.717, 1.165) is 22.9 Å². The van der Waals surface area contributed by atoms with Crippen LogP contribution in [-0.4, -0.2) is 12.9 Å². The van der Waals surface area contributed by atoms with Crippen molar-refractivity contribution in [2.75, 3.05) is 6.61 Å². The Balaban J connectivity index is 1.86. The van der Waals surface area contributed by atoms with Crippen LogP contribution in [0.2, 0.25) is 0 Å². The van der Waals surface area contributed by atoms with Gasteiger partial charge < -0.3 is 4.74 Å². The SMILES string of the molecule is O=Cc1ccc(OCCc2cccc(Br)c2)cc1. The zero-order valence-electron chi connectivity index (χ0n) is 9.80. The highest BCUT2D eigenvalue weighted by molar-refractivity contribution is 9.10. The molecule has 0 fully saturated rings. The monoisotopic (exact) mass is 304 g/mol. The molecule has 0 aliphatic carbocycles. The number of rotatable bonds is 5. The molecule has 18 heavy (non-hydrogen) atoms. The van der Waals surface area contributed by atoms with Crippen LogP contribution in [0.1, 0.15) is 15.9 Å². The van der Waals surface area contributed by atoms with Crippen molar-refractivity contribution >= 4 is 22.2 Å². The molecule has 0 aliphatic heterocycles. The van der Waals surface area contributed by atoms with E-state index in [1.807, 2.05) is 24.3 Å². The van der Waals surface area contributed by atoms with E-state index in [1.165, 1.54) is 5.56 Å². The van der Waals surface area contributed by atoms with E-state index in [1.54, 1.807) is 12.1 Å². The lowest BCUT2D eigenvalue weighted by Crippen LogP contribution is -2.01. The highest BCUT2D eigenvalue weighted by Crippen LogP contribution is 2.14. The zero-order valence-corrected chi connectivity index (χ0v) is 11.4. The molecule has 0 bridgehead atoms. The fourth-order valence-corrected chi connectivity index (χ4v) is 2.07. The van der Waals surface area contributed by atoms with E-state index in [2.05, 4.69) is 28.1 Å². The van der Waals surface area contributed by atoms with Crippen LogP contribution in [0.15, 0.2) is 53.0 Å². The third-order valence-electron chi connectivity index (χ3n) is 2.56. The van der Waals surface area contributed by atoms with Crippen molar-refractivity contribution in [3.05, 3.63) is 64.1 Å². The first-order valence-corrected chi connectivity index (χ1v) is 6.50. The van der Waals surface area contributed by atoms with E-state index >= 15 is 0 Å². The van der Waals surface area contributed by atoms with Crippen LogP contribution in [0.4, 0.5) is 0 Å². The predicted molar refractivity (Wildman–Crippen MR) is 75.2 cm³/mol. The maximum atomic E-state index is 10.5. The number of carbonyl (C=O) groups is 1. The normalized spacial score (nSPS) is 10.1. The maximum Gasteiger partial charge on any atom is 0.150 e. The van der Waals surface area contributed by atoms with Crippen LogP contribution in [0.25, 0.3) is 0 Å². The van der Waals surface area contributed by atoms with Gasteiger partial charge in [-0.05, 0) is 42.0 Å². The minimum Gasteiger partial charge on any atom is -0.493 e. The summed E-state index contributed by atoms with van der Waals surface area (Å²) >= 11 is 3.44. The summed E-state index contributed by atoms with van der Waals surface area (Å²) in [5.74, 6) is 0.788. The lowest BCUT2D eigenvalue weighted by Gasteiger charge is -2.06. The Hall–Kier alpha value is -1.61. The van der Waals surface area contributed by atoms with Crippen LogP contribution in [-0.2, 0) is 6.42 Å². The van der Waals surface area contributed by atoms with Crippen LogP contribution in [0.5, 0.6) is 5.75 Å². The van der Waals surface area contributed by atoms with Crippen molar-refractivity contribution in [3.63, 3.8) is 0 Å². The Morgan fingerprint density at radius 3 is 2.56 bits per heavy atom. The zero-order chi connectivity index (χ0) is 12.8. The Morgan fingerprint density at radius 2 is 1.89 bits per heavy atom. The summed E-state index contributed by atoms with van der Waals surface area (Å²) in [6, 6.07) is 15.3. The van der Waals surface area contributed by atoms with Gasteiger partial charge in [0.2, 0.25) is 0 Å². The first-order valence-electron chi connectivity index (χ1n) is 5.70. The average molecular weight is 305 g/mol. The van der Waals surface area contributed by atoms with Gasteiger partial charge in [0.15, 0.2) is 0 Å². The maximum absolute atomic E-state index is 10.5. The fraction of sp³-hybridized carbons (Fsp3) is 0.133. The second-order valence-corrected chi connectivity index (χ2v) is 4.83. The Labute approximate surface area is 115 Å². The van der Waals surface area contributed by atoms with Crippen molar-refractivity contribution in [3.8, 4) is 5.75 Å². The van der Waals surface area contributed by atoms with Gasteiger partial charge in [0.1, 0.15) is 12.0 Å². The smallest absolute Gasteiger partial charge is 0.150 e. The van der Waals surface area contributed by atoms with Crippen LogP contribution < -0.4 is 4.74 Å². The molecule has 2 aromatic carbocycles. The van der Waals surface area contributed by atoms with E-state index in [4.69, 9.17) is 4.74 Å². The highest BCUT2D eigenvalue weighted by Gasteiger charge is 1.97. The van der Waals surface area contributed by atoms with E-state index in [-0.39, 0.29) is 0 Å². The lowest BCUT2D eigenvalue weighted by atomic mass is 10.2. The summed E-state index contributed by atoms with van der Waals surface area (Å²) < 4.78 is 6.70. The molecule has 92 valence electrons. The molecule has 3 heteroatoms. The molecule has 0 saturated carbocycles. The van der Waals surface area contributed by atoms with Gasteiger partial charge in [-0.15, -0.1) is 0 Å². The van der Waals surface area contributed by atoms with Crippen molar-refractivity contribution in [1.29, 1.82) is 0 Å². The molecule has 0 N–H and O–H groups in total. The van der Waals surface area contributed by atoms with Gasteiger partial charge >= 0.3 is 0 Å². The molecular formula is C15H13BrO2. The van der Waals surface area contributed by atoms with Crippen molar-refractivity contribution in [1.82, 2.24) is 0 Å². The molecule has 0 radical (unpaired) electrons. The lowest BCUT2D eigenvalue weighted by molar-refractivity contribution is 0.112. The molecule has 0 spiro atoms. The average Bonchev–Trinajstić information content (AvgIpc) is 2.40. The van der Waals surface area contributed by atoms with Crippen LogP contribution >= 0.6 is 15.9 Å². The van der Waals surface area contributed by atoms with Crippen LogP contribution in [0.3, 0.4) is 0 Å². The summed E-state index contributed by atoms with van der Waals surface area (Å²) in [7, 11) is 0. The second kappa shape index (κ2) is 6.36. The molecule has 0 aromatic heterocycles. The van der Waals surface area contributed by atoms with Crippen molar-refractivity contribution < 1.29 is 9.53 Å². The summed E-state index contributed by atoms with van der Waals surface area (Å²) in [6.45, 7) is 0.622. The number of hydrogen-bond donors (Lipinski definition) is 0. The Bertz CT molecular complexity index is 520. The minimum absolute atomic E-state index is 0.622. The number of hydrogen-bond acceptors (Lipinski definition) is 2. The predicted octanol–water partition coefficient (Wildman–Crippen LogP) is 3.88. The van der Waals surface area contributed by atoms with Gasteiger partial charge in [-0.25, -0.2) is 0 Å². The second-order valence-electron chi connectivity index (χ2n) is 3.92. The number of halogens is 1. The number of benzene rings is 2. The molecule has 0 atom stereocenters. The number of ether oxygens (including phenoxy) is 1. The highest BCUT2D eigenvalue weighted by atomic mass is 79.9. The Morgan fingerprint density at radius 1 is 1.11 bits per heavy atom. The molecule has 0 unspecified atom stereocenters. The van der Waals surface area contributed by atoms with Crippen molar-refractivity contribution in [2.24, 2.45) is 0 Å². The van der Waals surface area contributed by atoms with Gasteiger partial charge in [-0.2, -0.15) is 0 Å². The summed E-state index contributed by atoms with van der Waals surface area (Å²) in [5, 5.41) is 0. The summed E-state index contributed by atoms with van der Waals surface area (Å²) in [4.78, 5) is 10.5. The molecule has 0 aliphatic rings. The fourth-order valence-electron chi connectivity index (χ4n) is 1.62. The van der Waals surface area contributed by atoms with Gasteiger partial charge in [0.05, 0.1) is 6.61 Å². The van der Waals surface area contributed by atoms with Gasteiger partial charge in [-0.1, -0.05) is 28.1 Å². The topological polar surface area (TPSA) is 26.3 Å². The summed E-state index contributed by atoms with van der Waals surface area (Å²) in [5.41, 5.74) is 1.89. The minimum atomic E-state index is 0.622. The number of aldehydes is 1. The molecule has 0 amide bonds. The number of carbonyl (C=O) groups excluding carboxylic acids is 1. The molecule has 2 aromatic rings. The standard InChI is InChI=1S/C15H13BrO2/c16-14-3-1-2-12(10-14)8-9-18-15-6-4-13(11-17)5-7-15/h1-7,10-11H,8-9H2. The Kier molecular flexibility index (Phi) is 4.53. The molecule has 2 rings (SSSR count). The summed E-state index contributed by atoms with van der Waals surface area (Å²) in [6.07, 6.45) is 1.68. The molecule has 0 saturated heterocycles. The largest absolute Gasteiger partial charge is 0.493 e. The first kappa shape index (κ1) is 12.8. The van der Waals surface area contributed by atoms with Gasteiger partial charge in [0, 0.05) is 16.5 Å². The molecule has 2 nitrogen and oxygen atoms in total. The third kappa shape index (κ3) is 3.70. The van der Waals surface area contributed by atoms with Gasteiger partial charge in [0.25, 0.3) is 0 Å². The van der Waals surface area contributed by atoms with E-state index in [0.29, 0.717) is 12.2 Å². The molecule has 0 heterocycles. The van der Waals surface area contributed by atoms with Crippen LogP contribution in [0, 0.1) is 0 Å². The van der Waals surface area contributed by atoms with Gasteiger partial charge in [-0.3, -0.25) is 4.79 Å². The molecular weight excluding hydrogens is 292 g/mol.